The highest BCUT2D eigenvalue weighted by atomic mass is 14.4. The van der Waals surface area contributed by atoms with Crippen LogP contribution >= 0.6 is 0 Å². The highest BCUT2D eigenvalue weighted by Gasteiger charge is 2.33. The molecule has 0 saturated heterocycles. The predicted octanol–water partition coefficient (Wildman–Crippen LogP) is 5.01. The molecule has 0 aromatic rings. The Morgan fingerprint density at radius 1 is 1.59 bits per heavy atom. The molecule has 0 N–H and O–H groups in total. The predicted molar refractivity (Wildman–Crippen MR) is 73.5 cm³/mol. The van der Waals surface area contributed by atoms with Crippen LogP contribution in [0.15, 0.2) is 23.3 Å². The fraction of sp³-hybridized carbons (Fsp3) is 0.688. The maximum absolute atomic E-state index is 9.48. The molecule has 1 nitrogen and oxygen atoms in total. The van der Waals surface area contributed by atoms with Crippen LogP contribution in [-0.2, 0) is 0 Å². The van der Waals surface area contributed by atoms with E-state index in [1.165, 1.54) is 24.0 Å². The van der Waals surface area contributed by atoms with Crippen molar-refractivity contribution in [3.63, 3.8) is 0 Å². The van der Waals surface area contributed by atoms with Crippen LogP contribution in [0.4, 0.5) is 0 Å². The average molecular weight is 231 g/mol. The summed E-state index contributed by atoms with van der Waals surface area (Å²) in [7, 11) is 0. The van der Waals surface area contributed by atoms with Gasteiger partial charge in [0.15, 0.2) is 0 Å². The summed E-state index contributed by atoms with van der Waals surface area (Å²) in [5, 5.41) is 9.48. The van der Waals surface area contributed by atoms with Crippen molar-refractivity contribution in [2.24, 2.45) is 11.3 Å². The van der Waals surface area contributed by atoms with E-state index in [0.29, 0.717) is 5.92 Å². The molecule has 0 radical (unpaired) electrons. The van der Waals surface area contributed by atoms with E-state index in [0.717, 1.165) is 19.3 Å². The molecule has 0 heterocycles. The molecule has 0 aromatic heterocycles. The Kier molecular flexibility index (Phi) is 5.00. The topological polar surface area (TPSA) is 23.8 Å². The molecule has 1 heteroatoms. The maximum Gasteiger partial charge on any atom is 0.0689 e. The zero-order valence-electron chi connectivity index (χ0n) is 11.7. The summed E-state index contributed by atoms with van der Waals surface area (Å²) in [6.07, 6.45) is 10.0. The van der Waals surface area contributed by atoms with Crippen LogP contribution in [0.25, 0.3) is 0 Å². The van der Waals surface area contributed by atoms with Crippen molar-refractivity contribution < 1.29 is 0 Å². The molecule has 0 unspecified atom stereocenters. The molecule has 1 aliphatic carbocycles. The zero-order valence-corrected chi connectivity index (χ0v) is 11.7. The van der Waals surface area contributed by atoms with E-state index < -0.39 is 0 Å². The van der Waals surface area contributed by atoms with Gasteiger partial charge in [0.1, 0.15) is 0 Å². The van der Waals surface area contributed by atoms with Gasteiger partial charge in [-0.15, -0.1) is 0 Å². The van der Waals surface area contributed by atoms with Crippen LogP contribution in [0, 0.1) is 22.7 Å². The summed E-state index contributed by atoms with van der Waals surface area (Å²) in [5.41, 5.74) is 2.69. The largest absolute Gasteiger partial charge is 0.198 e. The lowest BCUT2D eigenvalue weighted by Crippen LogP contribution is -2.27. The molecule has 0 amide bonds. The van der Waals surface area contributed by atoms with E-state index in [2.05, 4.69) is 45.9 Å². The first-order chi connectivity index (χ1) is 7.98. The van der Waals surface area contributed by atoms with Gasteiger partial charge in [-0.1, -0.05) is 23.3 Å². The highest BCUT2D eigenvalue weighted by Crippen LogP contribution is 2.40. The SMILES string of the molecule is CC(C)=CCC[C@](C)(C#N)[C@H]1CC=C(C)CC1. The zero-order chi connectivity index (χ0) is 12.9. The van der Waals surface area contributed by atoms with Gasteiger partial charge in [0.2, 0.25) is 0 Å². The Morgan fingerprint density at radius 2 is 2.29 bits per heavy atom. The van der Waals surface area contributed by atoms with Crippen molar-refractivity contribution in [3.8, 4) is 6.07 Å². The smallest absolute Gasteiger partial charge is 0.0689 e. The second-order valence-corrected chi connectivity index (χ2v) is 5.87. The van der Waals surface area contributed by atoms with Gasteiger partial charge in [-0.2, -0.15) is 5.26 Å². The van der Waals surface area contributed by atoms with E-state index in [1.807, 2.05) is 0 Å². The molecule has 2 atom stereocenters. The molecule has 0 fully saturated rings. The molecule has 0 spiro atoms. The number of allylic oxidation sites excluding steroid dienone is 4. The van der Waals surface area contributed by atoms with Crippen LogP contribution in [0.5, 0.6) is 0 Å². The average Bonchev–Trinajstić information content (AvgIpc) is 2.29. The first kappa shape index (κ1) is 14.0. The third-order valence-corrected chi connectivity index (χ3v) is 4.01. The molecule has 1 aliphatic rings. The number of nitrogens with zero attached hydrogens (tertiary/aromatic N) is 1. The van der Waals surface area contributed by atoms with E-state index in [9.17, 15) is 5.26 Å². The van der Waals surface area contributed by atoms with Crippen LogP contribution in [0.3, 0.4) is 0 Å². The molecule has 0 aliphatic heterocycles. The Balaban J connectivity index is 2.63. The molecular weight excluding hydrogens is 206 g/mol. The normalized spacial score (nSPS) is 23.2. The number of rotatable bonds is 4. The fourth-order valence-corrected chi connectivity index (χ4v) is 2.56. The van der Waals surface area contributed by atoms with E-state index in [1.54, 1.807) is 0 Å². The lowest BCUT2D eigenvalue weighted by atomic mass is 9.69. The van der Waals surface area contributed by atoms with Gasteiger partial charge >= 0.3 is 0 Å². The Morgan fingerprint density at radius 3 is 2.76 bits per heavy atom. The van der Waals surface area contributed by atoms with Gasteiger partial charge in [0, 0.05) is 0 Å². The fourth-order valence-electron chi connectivity index (χ4n) is 2.56. The van der Waals surface area contributed by atoms with Crippen molar-refractivity contribution >= 4 is 0 Å². The summed E-state index contributed by atoms with van der Waals surface area (Å²) >= 11 is 0. The molecule has 94 valence electrons. The monoisotopic (exact) mass is 231 g/mol. The molecule has 17 heavy (non-hydrogen) atoms. The summed E-state index contributed by atoms with van der Waals surface area (Å²) in [5.74, 6) is 0.543. The highest BCUT2D eigenvalue weighted by molar-refractivity contribution is 5.10. The van der Waals surface area contributed by atoms with Crippen LogP contribution in [0.1, 0.15) is 59.8 Å². The number of hydrogen-bond donors (Lipinski definition) is 0. The summed E-state index contributed by atoms with van der Waals surface area (Å²) in [4.78, 5) is 0. The van der Waals surface area contributed by atoms with Gasteiger partial charge < -0.3 is 0 Å². The Hall–Kier alpha value is -1.03. The van der Waals surface area contributed by atoms with Crippen molar-refractivity contribution in [1.29, 1.82) is 5.26 Å². The molecule has 0 aromatic carbocycles. The molecule has 1 rings (SSSR count). The van der Waals surface area contributed by atoms with E-state index in [4.69, 9.17) is 0 Å². The second-order valence-electron chi connectivity index (χ2n) is 5.87. The molecular formula is C16H25N. The van der Waals surface area contributed by atoms with Crippen molar-refractivity contribution in [2.75, 3.05) is 0 Å². The van der Waals surface area contributed by atoms with Crippen LogP contribution < -0.4 is 0 Å². The molecule has 0 saturated carbocycles. The third kappa shape index (κ3) is 4.04. The van der Waals surface area contributed by atoms with Gasteiger partial charge in [-0.25, -0.2) is 0 Å². The van der Waals surface area contributed by atoms with Gasteiger partial charge in [0.25, 0.3) is 0 Å². The number of nitriles is 1. The summed E-state index contributed by atoms with van der Waals surface area (Å²) < 4.78 is 0. The van der Waals surface area contributed by atoms with Gasteiger partial charge in [0.05, 0.1) is 11.5 Å². The van der Waals surface area contributed by atoms with Gasteiger partial charge in [-0.05, 0) is 65.7 Å². The quantitative estimate of drug-likeness (QED) is 0.624. The van der Waals surface area contributed by atoms with Crippen molar-refractivity contribution in [1.82, 2.24) is 0 Å². The maximum atomic E-state index is 9.48. The Labute approximate surface area is 106 Å². The van der Waals surface area contributed by atoms with Crippen molar-refractivity contribution in [2.45, 2.75) is 59.8 Å². The third-order valence-electron chi connectivity index (χ3n) is 4.01. The van der Waals surface area contributed by atoms with E-state index in [-0.39, 0.29) is 5.41 Å². The number of hydrogen-bond acceptors (Lipinski definition) is 1. The minimum Gasteiger partial charge on any atom is -0.198 e. The summed E-state index contributed by atoms with van der Waals surface area (Å²) in [6.45, 7) is 8.58. The first-order valence-electron chi connectivity index (χ1n) is 6.68. The molecule has 0 bridgehead atoms. The standard InChI is InChI=1S/C16H25N/c1-13(2)6-5-11-16(4,12-17)15-9-7-14(3)8-10-15/h6-7,15H,5,8-11H2,1-4H3/t15-,16+/m0/s1. The first-order valence-corrected chi connectivity index (χ1v) is 6.68. The second kappa shape index (κ2) is 6.05. The minimum absolute atomic E-state index is 0.150. The summed E-state index contributed by atoms with van der Waals surface area (Å²) in [6, 6.07) is 2.58. The van der Waals surface area contributed by atoms with Gasteiger partial charge in [-0.3, -0.25) is 0 Å². The van der Waals surface area contributed by atoms with Crippen LogP contribution in [-0.4, -0.2) is 0 Å². The van der Waals surface area contributed by atoms with Crippen LogP contribution in [0.2, 0.25) is 0 Å². The lowest BCUT2D eigenvalue weighted by Gasteiger charge is -2.33. The minimum atomic E-state index is -0.150. The van der Waals surface area contributed by atoms with E-state index >= 15 is 0 Å². The Bertz CT molecular complexity index is 352. The lowest BCUT2D eigenvalue weighted by molar-refractivity contribution is 0.228. The van der Waals surface area contributed by atoms with Crippen molar-refractivity contribution in [3.05, 3.63) is 23.3 Å².